The molecule has 4 heteroatoms. The summed E-state index contributed by atoms with van der Waals surface area (Å²) in [5.74, 6) is -0.920. The highest BCUT2D eigenvalue weighted by atomic mass is 16.2. The van der Waals surface area contributed by atoms with Gasteiger partial charge in [0, 0.05) is 5.92 Å². The van der Waals surface area contributed by atoms with Gasteiger partial charge in [0.05, 0.1) is 0 Å². The molecule has 0 aromatic rings. The minimum Gasteiger partial charge on any atom is -0.368 e. The van der Waals surface area contributed by atoms with Crippen LogP contribution in [0.3, 0.4) is 0 Å². The van der Waals surface area contributed by atoms with Crippen LogP contribution in [-0.2, 0) is 9.59 Å². The summed E-state index contributed by atoms with van der Waals surface area (Å²) in [6.07, 6.45) is 5.24. The third-order valence-electron chi connectivity index (χ3n) is 3.66. The van der Waals surface area contributed by atoms with E-state index < -0.39 is 11.4 Å². The van der Waals surface area contributed by atoms with E-state index in [-0.39, 0.29) is 17.1 Å². The van der Waals surface area contributed by atoms with Gasteiger partial charge < -0.3 is 11.5 Å². The Kier molecular flexibility index (Phi) is 4.54. The van der Waals surface area contributed by atoms with Crippen molar-refractivity contribution in [2.75, 3.05) is 0 Å². The molecule has 18 heavy (non-hydrogen) atoms. The first-order chi connectivity index (χ1) is 8.17. The van der Waals surface area contributed by atoms with Gasteiger partial charge in [-0.2, -0.15) is 0 Å². The quantitative estimate of drug-likeness (QED) is 0.749. The van der Waals surface area contributed by atoms with E-state index in [0.717, 1.165) is 32.1 Å². The van der Waals surface area contributed by atoms with Gasteiger partial charge in [0.1, 0.15) is 0 Å². The molecule has 1 aliphatic rings. The molecule has 1 amide bonds. The molecule has 0 aliphatic heterocycles. The average molecular weight is 254 g/mol. The van der Waals surface area contributed by atoms with Gasteiger partial charge in [-0.05, 0) is 24.7 Å². The molecule has 4 N–H and O–H groups in total. The molecule has 1 rings (SSSR count). The van der Waals surface area contributed by atoms with Gasteiger partial charge >= 0.3 is 0 Å². The molecular weight excluding hydrogens is 228 g/mol. The Balaban J connectivity index is 2.89. The van der Waals surface area contributed by atoms with Crippen LogP contribution in [0.2, 0.25) is 0 Å². The van der Waals surface area contributed by atoms with Crippen molar-refractivity contribution in [3.05, 3.63) is 0 Å². The summed E-state index contributed by atoms with van der Waals surface area (Å²) < 4.78 is 0. The molecular formula is C14H26N2O2. The zero-order valence-corrected chi connectivity index (χ0v) is 11.8. The average Bonchev–Trinajstić information content (AvgIpc) is 2.26. The van der Waals surface area contributed by atoms with E-state index in [4.69, 9.17) is 11.5 Å². The first kappa shape index (κ1) is 15.2. The lowest BCUT2D eigenvalue weighted by Crippen LogP contribution is -2.61. The molecule has 1 fully saturated rings. The summed E-state index contributed by atoms with van der Waals surface area (Å²) in [6.45, 7) is 5.89. The number of Topliss-reactive ketones (excluding diaryl/α,β-unsaturated/α-hetero) is 1. The van der Waals surface area contributed by atoms with Crippen LogP contribution in [0.1, 0.15) is 59.3 Å². The number of primary amides is 1. The summed E-state index contributed by atoms with van der Waals surface area (Å²) in [4.78, 5) is 24.2. The van der Waals surface area contributed by atoms with Crippen molar-refractivity contribution >= 4 is 11.7 Å². The zero-order chi connectivity index (χ0) is 14.0. The topological polar surface area (TPSA) is 86.2 Å². The predicted octanol–water partition coefficient (Wildman–Crippen LogP) is 1.75. The van der Waals surface area contributed by atoms with Crippen LogP contribution in [0.15, 0.2) is 0 Å². The van der Waals surface area contributed by atoms with E-state index in [1.54, 1.807) is 0 Å². The number of nitrogens with two attached hydrogens (primary N) is 2. The van der Waals surface area contributed by atoms with E-state index in [1.165, 1.54) is 0 Å². The maximum atomic E-state index is 12.5. The van der Waals surface area contributed by atoms with Gasteiger partial charge in [-0.3, -0.25) is 9.59 Å². The van der Waals surface area contributed by atoms with E-state index in [1.807, 2.05) is 20.8 Å². The highest BCUT2D eigenvalue weighted by Crippen LogP contribution is 2.32. The number of ketones is 1. The summed E-state index contributed by atoms with van der Waals surface area (Å²) in [7, 11) is 0. The van der Waals surface area contributed by atoms with E-state index >= 15 is 0 Å². The number of amides is 1. The summed E-state index contributed by atoms with van der Waals surface area (Å²) in [6, 6.07) is 0. The molecule has 0 unspecified atom stereocenters. The van der Waals surface area contributed by atoms with E-state index in [0.29, 0.717) is 6.42 Å². The van der Waals surface area contributed by atoms with Gasteiger partial charge in [0.25, 0.3) is 0 Å². The Morgan fingerprint density at radius 3 is 2.00 bits per heavy atom. The SMILES string of the molecule is CC(C)(C)C[C@](N)(C(N)=O)C(=O)C1CCCCC1. The smallest absolute Gasteiger partial charge is 0.245 e. The van der Waals surface area contributed by atoms with Gasteiger partial charge in [0.2, 0.25) is 5.91 Å². The van der Waals surface area contributed by atoms with Crippen molar-refractivity contribution in [3.63, 3.8) is 0 Å². The van der Waals surface area contributed by atoms with Crippen LogP contribution >= 0.6 is 0 Å². The van der Waals surface area contributed by atoms with Crippen LogP contribution in [-0.4, -0.2) is 17.2 Å². The maximum absolute atomic E-state index is 12.5. The third-order valence-corrected chi connectivity index (χ3v) is 3.66. The molecule has 1 aliphatic carbocycles. The first-order valence-electron chi connectivity index (χ1n) is 6.80. The van der Waals surface area contributed by atoms with E-state index in [2.05, 4.69) is 0 Å². The fraction of sp³-hybridized carbons (Fsp3) is 0.857. The fourth-order valence-corrected chi connectivity index (χ4v) is 2.86. The molecule has 0 radical (unpaired) electrons. The molecule has 0 heterocycles. The van der Waals surface area contributed by atoms with Gasteiger partial charge in [-0.25, -0.2) is 0 Å². The fourth-order valence-electron chi connectivity index (χ4n) is 2.86. The third kappa shape index (κ3) is 3.55. The van der Waals surface area contributed by atoms with Crippen LogP contribution in [0.5, 0.6) is 0 Å². The lowest BCUT2D eigenvalue weighted by molar-refractivity contribution is -0.138. The number of hydrogen-bond acceptors (Lipinski definition) is 3. The van der Waals surface area contributed by atoms with Crippen molar-refractivity contribution in [2.45, 2.75) is 64.8 Å². The largest absolute Gasteiger partial charge is 0.368 e. The standard InChI is InChI=1S/C14H26N2O2/c1-13(2,3)9-14(16,12(15)18)11(17)10-7-5-4-6-8-10/h10H,4-9,16H2,1-3H3,(H2,15,18)/t14-/m1/s1. The normalized spacial score (nSPS) is 21.3. The molecule has 1 saturated carbocycles. The Hall–Kier alpha value is -0.900. The molecule has 0 spiro atoms. The number of carbonyl (C=O) groups excluding carboxylic acids is 2. The second kappa shape index (κ2) is 5.39. The van der Waals surface area contributed by atoms with Crippen molar-refractivity contribution in [2.24, 2.45) is 22.8 Å². The van der Waals surface area contributed by atoms with Crippen LogP contribution < -0.4 is 11.5 Å². The first-order valence-corrected chi connectivity index (χ1v) is 6.80. The highest BCUT2D eigenvalue weighted by Gasteiger charge is 2.45. The van der Waals surface area contributed by atoms with Crippen LogP contribution in [0, 0.1) is 11.3 Å². The maximum Gasteiger partial charge on any atom is 0.245 e. The minimum atomic E-state index is -1.50. The van der Waals surface area contributed by atoms with Crippen molar-refractivity contribution in [1.29, 1.82) is 0 Å². The lowest BCUT2D eigenvalue weighted by atomic mass is 9.71. The second-order valence-electron chi connectivity index (χ2n) is 6.77. The Bertz CT molecular complexity index is 327. The Morgan fingerprint density at radius 1 is 1.11 bits per heavy atom. The van der Waals surface area contributed by atoms with Crippen molar-refractivity contribution in [1.82, 2.24) is 0 Å². The molecule has 0 bridgehead atoms. The van der Waals surface area contributed by atoms with Crippen molar-refractivity contribution in [3.8, 4) is 0 Å². The van der Waals surface area contributed by atoms with Gasteiger partial charge in [0.15, 0.2) is 11.3 Å². The van der Waals surface area contributed by atoms with Crippen LogP contribution in [0.4, 0.5) is 0 Å². The molecule has 4 nitrogen and oxygen atoms in total. The Labute approximate surface area is 109 Å². The molecule has 0 aromatic carbocycles. The monoisotopic (exact) mass is 254 g/mol. The molecule has 104 valence electrons. The molecule has 0 aromatic heterocycles. The molecule has 0 saturated heterocycles. The van der Waals surface area contributed by atoms with Gasteiger partial charge in [-0.15, -0.1) is 0 Å². The Morgan fingerprint density at radius 2 is 1.61 bits per heavy atom. The predicted molar refractivity (Wildman–Crippen MR) is 71.8 cm³/mol. The summed E-state index contributed by atoms with van der Waals surface area (Å²) in [5.41, 5.74) is 9.78. The number of rotatable bonds is 4. The number of carbonyl (C=O) groups is 2. The summed E-state index contributed by atoms with van der Waals surface area (Å²) >= 11 is 0. The van der Waals surface area contributed by atoms with E-state index in [9.17, 15) is 9.59 Å². The van der Waals surface area contributed by atoms with Crippen molar-refractivity contribution < 1.29 is 9.59 Å². The highest BCUT2D eigenvalue weighted by molar-refractivity contribution is 6.10. The second-order valence-corrected chi connectivity index (χ2v) is 6.77. The zero-order valence-electron chi connectivity index (χ0n) is 11.8. The lowest BCUT2D eigenvalue weighted by Gasteiger charge is -2.35. The minimum absolute atomic E-state index is 0.0846. The molecule has 1 atom stereocenters. The number of hydrogen-bond donors (Lipinski definition) is 2. The summed E-state index contributed by atoms with van der Waals surface area (Å²) in [5, 5.41) is 0. The van der Waals surface area contributed by atoms with Gasteiger partial charge in [-0.1, -0.05) is 40.0 Å². The van der Waals surface area contributed by atoms with Crippen LogP contribution in [0.25, 0.3) is 0 Å².